The zero-order chi connectivity index (χ0) is 18.9. The average Bonchev–Trinajstić information content (AvgIpc) is 3.41. The van der Waals surface area contributed by atoms with Crippen LogP contribution in [0.15, 0.2) is 91.0 Å². The van der Waals surface area contributed by atoms with Gasteiger partial charge in [-0.05, 0) is 6.42 Å². The van der Waals surface area contributed by atoms with Crippen molar-refractivity contribution in [3.63, 3.8) is 0 Å². The Kier molecular flexibility index (Phi) is 12.0. The van der Waals surface area contributed by atoms with Crippen LogP contribution in [0, 0.1) is 12.1 Å². The van der Waals surface area contributed by atoms with Crippen molar-refractivity contribution in [3.05, 3.63) is 120 Å². The number of hydrogen-bond acceptors (Lipinski definition) is 0. The Morgan fingerprint density at radius 3 is 2.14 bits per heavy atom. The maximum atomic E-state index is 3.30. The van der Waals surface area contributed by atoms with E-state index in [2.05, 4.69) is 85.8 Å². The van der Waals surface area contributed by atoms with Crippen molar-refractivity contribution < 1.29 is 48.7 Å². The molecule has 0 heterocycles. The number of allylic oxidation sites excluding steroid dienone is 4. The Bertz CT molecular complexity index is 906. The summed E-state index contributed by atoms with van der Waals surface area (Å²) in [6.45, 7) is 2.18. The van der Waals surface area contributed by atoms with Crippen LogP contribution < -0.4 is 24.8 Å². The van der Waals surface area contributed by atoms with E-state index in [0.29, 0.717) is 0 Å². The fourth-order valence-electron chi connectivity index (χ4n) is 3.03. The van der Waals surface area contributed by atoms with Crippen LogP contribution in [0.2, 0.25) is 0 Å². The van der Waals surface area contributed by atoms with Gasteiger partial charge in [-0.15, -0.1) is 12.0 Å². The summed E-state index contributed by atoms with van der Waals surface area (Å²) in [5, 5.41) is 0. The Labute approximate surface area is 201 Å². The molecule has 0 aliphatic heterocycles. The first-order chi connectivity index (χ1) is 13.3. The van der Waals surface area contributed by atoms with Gasteiger partial charge in [0.2, 0.25) is 0 Å². The number of halogens is 2. The first-order valence-electron chi connectivity index (χ1n) is 9.16. The third-order valence-corrected chi connectivity index (χ3v) is 5.45. The minimum Gasteiger partial charge on any atom is -1.00 e. The second-order valence-electron chi connectivity index (χ2n) is 6.39. The summed E-state index contributed by atoms with van der Waals surface area (Å²) < 4.78 is 1.51. The predicted molar refractivity (Wildman–Crippen MR) is 111 cm³/mol. The van der Waals surface area contributed by atoms with Crippen molar-refractivity contribution in [1.82, 2.24) is 0 Å². The van der Waals surface area contributed by atoms with Crippen LogP contribution in [0.5, 0.6) is 0 Å². The third kappa shape index (κ3) is 7.66. The Morgan fingerprint density at radius 1 is 0.862 bits per heavy atom. The van der Waals surface area contributed by atoms with Crippen LogP contribution in [0.3, 0.4) is 0 Å². The van der Waals surface area contributed by atoms with Gasteiger partial charge in [0.25, 0.3) is 0 Å². The van der Waals surface area contributed by atoms with E-state index in [1.54, 1.807) is 0 Å². The second kappa shape index (κ2) is 13.6. The summed E-state index contributed by atoms with van der Waals surface area (Å²) in [5.74, 6) is 0. The minimum absolute atomic E-state index is 0. The molecule has 0 nitrogen and oxygen atoms in total. The largest absolute Gasteiger partial charge is 1.00 e. The standard InChI is InChI=1S/C13H9.C8H8.C5H5.2ClH.Hf/c1-3-7-12-10(5-1)9-11-6-2-4-8-13(11)12;1-2-8-6-4-3-5-7-8;1-2-4-5-3-1;;;/h1-5,7-8H,9H2;3-7H,1H3;1-3H,4H2;2*1H;/q-1;;-1;;;+2/p-2. The number of benzene rings is 3. The molecule has 3 heteroatoms. The summed E-state index contributed by atoms with van der Waals surface area (Å²) >= 11 is 1.17. The normalized spacial score (nSPS) is 11.4. The minimum atomic E-state index is 0. The molecule has 0 atom stereocenters. The molecule has 0 N–H and O–H groups in total. The quantitative estimate of drug-likeness (QED) is 0.221. The van der Waals surface area contributed by atoms with Crippen molar-refractivity contribution in [2.75, 3.05) is 0 Å². The molecule has 3 aromatic rings. The van der Waals surface area contributed by atoms with E-state index < -0.39 is 0 Å². The van der Waals surface area contributed by atoms with Crippen molar-refractivity contribution in [2.45, 2.75) is 19.8 Å². The predicted octanol–water partition coefficient (Wildman–Crippen LogP) is 0.145. The van der Waals surface area contributed by atoms with E-state index in [1.165, 1.54) is 55.0 Å². The van der Waals surface area contributed by atoms with E-state index in [1.807, 2.05) is 24.3 Å². The summed E-state index contributed by atoms with van der Waals surface area (Å²) in [5.41, 5.74) is 6.90. The van der Waals surface area contributed by atoms with Gasteiger partial charge in [0.15, 0.2) is 0 Å². The Hall–Kier alpha value is -1.54. The summed E-state index contributed by atoms with van der Waals surface area (Å²) in [6, 6.07) is 28.6. The average molecular weight is 584 g/mol. The molecule has 3 aromatic carbocycles. The molecule has 0 saturated carbocycles. The van der Waals surface area contributed by atoms with Gasteiger partial charge in [0.05, 0.1) is 0 Å². The number of hydrogen-bond donors (Lipinski definition) is 0. The first-order valence-corrected chi connectivity index (χ1v) is 11.0. The maximum absolute atomic E-state index is 3.30. The molecular weight excluding hydrogens is 562 g/mol. The molecule has 2 aliphatic rings. The molecule has 29 heavy (non-hydrogen) atoms. The fraction of sp³-hybridized carbons (Fsp3) is 0.115. The third-order valence-electron chi connectivity index (χ3n) is 4.41. The molecular formula is C26H22Cl2Hf-2. The molecule has 2 aliphatic carbocycles. The number of rotatable bonds is 1. The molecule has 0 radical (unpaired) electrons. The molecule has 0 spiro atoms. The zero-order valence-corrected chi connectivity index (χ0v) is 21.4. The SMILES string of the molecule is C[C](=[Hf+2])c1ccccc1.[C-]1=CC=CC1.[Cl-].[Cl-].[c-]1cccc2c1Cc1ccccc1-2. The van der Waals surface area contributed by atoms with Gasteiger partial charge in [-0.1, -0.05) is 35.4 Å². The first kappa shape index (κ1) is 25.5. The van der Waals surface area contributed by atoms with E-state index in [4.69, 9.17) is 0 Å². The summed E-state index contributed by atoms with van der Waals surface area (Å²) in [4.78, 5) is 0. The second-order valence-corrected chi connectivity index (χ2v) is 9.08. The molecule has 0 saturated heterocycles. The van der Waals surface area contributed by atoms with Gasteiger partial charge in [0, 0.05) is 0 Å². The van der Waals surface area contributed by atoms with Crippen molar-refractivity contribution in [1.29, 1.82) is 0 Å². The van der Waals surface area contributed by atoms with Gasteiger partial charge in [-0.2, -0.15) is 35.9 Å². The summed E-state index contributed by atoms with van der Waals surface area (Å²) in [7, 11) is 0. The van der Waals surface area contributed by atoms with E-state index >= 15 is 0 Å². The van der Waals surface area contributed by atoms with Gasteiger partial charge >= 0.3 is 70.0 Å². The molecule has 0 fully saturated rings. The molecule has 0 aromatic heterocycles. The molecule has 0 bridgehead atoms. The van der Waals surface area contributed by atoms with E-state index in [9.17, 15) is 0 Å². The molecule has 146 valence electrons. The maximum Gasteiger partial charge on any atom is -0.0253 e. The number of fused-ring (bicyclic) bond motifs is 3. The Morgan fingerprint density at radius 2 is 1.55 bits per heavy atom. The van der Waals surface area contributed by atoms with Crippen LogP contribution >= 0.6 is 0 Å². The monoisotopic (exact) mass is 584 g/mol. The van der Waals surface area contributed by atoms with Crippen LogP contribution in [0.4, 0.5) is 0 Å². The summed E-state index contributed by atoms with van der Waals surface area (Å²) in [6.07, 6.45) is 11.0. The van der Waals surface area contributed by atoms with Gasteiger partial charge in [0.1, 0.15) is 0 Å². The molecule has 0 unspecified atom stereocenters. The van der Waals surface area contributed by atoms with Crippen molar-refractivity contribution in [2.24, 2.45) is 0 Å². The van der Waals surface area contributed by atoms with Crippen LogP contribution in [0.25, 0.3) is 11.1 Å². The van der Waals surface area contributed by atoms with E-state index in [-0.39, 0.29) is 24.8 Å². The van der Waals surface area contributed by atoms with E-state index in [0.717, 1.165) is 12.8 Å². The van der Waals surface area contributed by atoms with Gasteiger partial charge in [-0.3, -0.25) is 6.08 Å². The van der Waals surface area contributed by atoms with Gasteiger partial charge < -0.3 is 24.8 Å². The molecule has 0 amide bonds. The smallest absolute Gasteiger partial charge is 0.0253 e. The Balaban J connectivity index is 0.000000231. The van der Waals surface area contributed by atoms with Crippen LogP contribution in [-0.4, -0.2) is 3.26 Å². The van der Waals surface area contributed by atoms with Crippen molar-refractivity contribution in [3.8, 4) is 11.1 Å². The van der Waals surface area contributed by atoms with Crippen LogP contribution in [0.1, 0.15) is 30.0 Å². The fourth-order valence-corrected chi connectivity index (χ4v) is 3.62. The zero-order valence-electron chi connectivity index (χ0n) is 16.3. The van der Waals surface area contributed by atoms with Crippen molar-refractivity contribution >= 4 is 3.26 Å². The van der Waals surface area contributed by atoms with Crippen LogP contribution in [-0.2, 0) is 30.3 Å². The van der Waals surface area contributed by atoms with Gasteiger partial charge in [-0.25, -0.2) is 12.2 Å². The molecule has 5 rings (SSSR count). The topological polar surface area (TPSA) is 0 Å².